The lowest BCUT2D eigenvalue weighted by molar-refractivity contribution is -0.152. The van der Waals surface area contributed by atoms with Crippen molar-refractivity contribution < 1.29 is 38.0 Å². The molecule has 3 unspecified atom stereocenters. The molecule has 3 atom stereocenters. The number of esters is 1. The molecule has 0 spiro atoms. The molecule has 2 aromatic rings. The van der Waals surface area contributed by atoms with Gasteiger partial charge in [-0.2, -0.15) is 5.26 Å². The van der Waals surface area contributed by atoms with E-state index in [-0.39, 0.29) is 18.3 Å². The first-order chi connectivity index (χ1) is 17.8. The van der Waals surface area contributed by atoms with Crippen LogP contribution in [0.1, 0.15) is 44.4 Å². The normalized spacial score (nSPS) is 16.1. The number of nitrogens with zero attached hydrogens (tertiary/aromatic N) is 1. The molecule has 0 amide bonds. The van der Waals surface area contributed by atoms with Gasteiger partial charge in [0.05, 0.1) is 33.4 Å². The van der Waals surface area contributed by atoms with Crippen LogP contribution in [0.4, 0.5) is 0 Å². The summed E-state index contributed by atoms with van der Waals surface area (Å²) in [5.41, 5.74) is -0.705. The van der Waals surface area contributed by atoms with E-state index in [0.717, 1.165) is 0 Å². The lowest BCUT2D eigenvalue weighted by Gasteiger charge is -2.44. The number of carbonyl (C=O) groups excluding carboxylic acids is 1. The first-order valence-corrected chi connectivity index (χ1v) is 15.2. The minimum atomic E-state index is -2.60. The van der Waals surface area contributed by atoms with Crippen LogP contribution in [0.25, 0.3) is 0 Å². The number of benzene rings is 2. The van der Waals surface area contributed by atoms with Gasteiger partial charge in [0.1, 0.15) is 6.07 Å². The Hall–Kier alpha value is -3.26. The Labute approximate surface area is 225 Å². The average Bonchev–Trinajstić information content (AvgIpc) is 3.37. The quantitative estimate of drug-likeness (QED) is 0.323. The molecule has 3 rings (SSSR count). The zero-order valence-corrected chi connectivity index (χ0v) is 24.3. The summed E-state index contributed by atoms with van der Waals surface area (Å²) >= 11 is 0. The molecule has 206 valence electrons. The van der Waals surface area contributed by atoms with Crippen molar-refractivity contribution in [1.82, 2.24) is 0 Å². The maximum absolute atomic E-state index is 13.1. The highest BCUT2D eigenvalue weighted by Crippen LogP contribution is 2.47. The fourth-order valence-electron chi connectivity index (χ4n) is 4.14. The summed E-state index contributed by atoms with van der Waals surface area (Å²) in [5.74, 6) is 0.101. The summed E-state index contributed by atoms with van der Waals surface area (Å²) in [7, 11) is 1.68. The predicted octanol–water partition coefficient (Wildman–Crippen LogP) is 5.09. The molecule has 0 bridgehead atoms. The number of methoxy groups -OCH3 is 3. The number of fused-ring (bicyclic) bond motifs is 1. The van der Waals surface area contributed by atoms with Crippen molar-refractivity contribution >= 4 is 14.3 Å². The first kappa shape index (κ1) is 29.3. The second-order valence-electron chi connectivity index (χ2n) is 10.8. The molecule has 9 nitrogen and oxygen atoms in total. The van der Waals surface area contributed by atoms with Crippen LogP contribution in [0.5, 0.6) is 23.0 Å². The third-order valence-electron chi connectivity index (χ3n) is 7.40. The van der Waals surface area contributed by atoms with Gasteiger partial charge in [-0.1, -0.05) is 32.9 Å². The molecule has 0 aliphatic carbocycles. The maximum Gasteiger partial charge on any atom is 0.311 e. The first-order valence-electron chi connectivity index (χ1n) is 12.3. The van der Waals surface area contributed by atoms with Gasteiger partial charge in [-0.15, -0.1) is 0 Å². The third-order valence-corrected chi connectivity index (χ3v) is 11.9. The minimum absolute atomic E-state index is 0.0759. The fourth-order valence-corrected chi connectivity index (χ4v) is 5.57. The monoisotopic (exact) mass is 543 g/mol. The summed E-state index contributed by atoms with van der Waals surface area (Å²) in [6, 6.07) is 12.4. The Morgan fingerprint density at radius 1 is 1.05 bits per heavy atom. The summed E-state index contributed by atoms with van der Waals surface area (Å²) in [4.78, 5) is 13.1. The van der Waals surface area contributed by atoms with Crippen molar-refractivity contribution in [2.45, 2.75) is 57.0 Å². The van der Waals surface area contributed by atoms with Crippen LogP contribution in [0.3, 0.4) is 0 Å². The highest BCUT2D eigenvalue weighted by Gasteiger charge is 2.49. The number of ether oxygens (including phenoxy) is 5. The Balaban J connectivity index is 2.15. The largest absolute Gasteiger partial charge is 0.493 e. The number of aliphatic hydroxyl groups is 1. The number of nitriles is 1. The molecule has 0 fully saturated rings. The van der Waals surface area contributed by atoms with Crippen molar-refractivity contribution in [2.24, 2.45) is 5.92 Å². The second kappa shape index (κ2) is 11.2. The molecule has 38 heavy (non-hydrogen) atoms. The standard InChI is InChI=1S/C28H37NO8Si/c1-27(2,3)38(7,8)37-28(16-29,19-10-12-21(32-4)23(14-19)33-5)15-20(26(31)34-6)25(30)18-9-11-22-24(13-18)36-17-35-22/h9-14,20,25,30H,15,17H2,1-8H3. The number of hydrogen-bond donors (Lipinski definition) is 1. The minimum Gasteiger partial charge on any atom is -0.493 e. The van der Waals surface area contributed by atoms with E-state index >= 15 is 0 Å². The second-order valence-corrected chi connectivity index (χ2v) is 15.5. The van der Waals surface area contributed by atoms with Gasteiger partial charge >= 0.3 is 5.97 Å². The Morgan fingerprint density at radius 2 is 1.71 bits per heavy atom. The van der Waals surface area contributed by atoms with Gasteiger partial charge in [0.2, 0.25) is 6.79 Å². The fraction of sp³-hybridized carbons (Fsp3) is 0.500. The van der Waals surface area contributed by atoms with Crippen molar-refractivity contribution in [3.63, 3.8) is 0 Å². The number of aliphatic hydroxyl groups excluding tert-OH is 1. The zero-order valence-electron chi connectivity index (χ0n) is 23.3. The third kappa shape index (κ3) is 5.75. The van der Waals surface area contributed by atoms with E-state index in [2.05, 4.69) is 26.8 Å². The van der Waals surface area contributed by atoms with Gasteiger partial charge in [-0.25, -0.2) is 0 Å². The van der Waals surface area contributed by atoms with Crippen LogP contribution < -0.4 is 18.9 Å². The molecule has 1 aliphatic heterocycles. The molecule has 10 heteroatoms. The van der Waals surface area contributed by atoms with Gasteiger partial charge in [-0.3, -0.25) is 4.79 Å². The summed E-state index contributed by atoms with van der Waals surface area (Å²) in [6.07, 6.45) is -1.49. The summed E-state index contributed by atoms with van der Waals surface area (Å²) in [5, 5.41) is 22.0. The van der Waals surface area contributed by atoms with Crippen LogP contribution in [-0.4, -0.2) is 47.5 Å². The van der Waals surface area contributed by atoms with Gasteiger partial charge in [0, 0.05) is 12.0 Å². The van der Waals surface area contributed by atoms with Gasteiger partial charge in [-0.05, 0) is 48.0 Å². The smallest absolute Gasteiger partial charge is 0.311 e. The van der Waals surface area contributed by atoms with Crippen LogP contribution in [0.2, 0.25) is 18.1 Å². The van der Waals surface area contributed by atoms with Crippen LogP contribution in [0.15, 0.2) is 36.4 Å². The van der Waals surface area contributed by atoms with Crippen molar-refractivity contribution in [1.29, 1.82) is 5.26 Å². The van der Waals surface area contributed by atoms with E-state index in [1.54, 1.807) is 36.4 Å². The van der Waals surface area contributed by atoms with Gasteiger partial charge in [0.25, 0.3) is 0 Å². The lowest BCUT2D eigenvalue weighted by Crippen LogP contribution is -2.49. The van der Waals surface area contributed by atoms with E-state index in [1.165, 1.54) is 21.3 Å². The predicted molar refractivity (Wildman–Crippen MR) is 143 cm³/mol. The molecule has 1 heterocycles. The number of rotatable bonds is 10. The topological polar surface area (TPSA) is 116 Å². The Bertz CT molecular complexity index is 1200. The van der Waals surface area contributed by atoms with Crippen molar-refractivity contribution in [3.8, 4) is 29.1 Å². The molecule has 2 aromatic carbocycles. The SMILES string of the molecule is COC(=O)C(CC(C#N)(O[Si](C)(C)C(C)(C)C)c1ccc(OC)c(OC)c1)C(O)c1ccc2c(c1)OCO2. The van der Waals surface area contributed by atoms with Crippen molar-refractivity contribution in [3.05, 3.63) is 47.5 Å². The van der Waals surface area contributed by atoms with Crippen LogP contribution >= 0.6 is 0 Å². The summed E-state index contributed by atoms with van der Waals surface area (Å²) < 4.78 is 33.6. The highest BCUT2D eigenvalue weighted by molar-refractivity contribution is 6.74. The van der Waals surface area contributed by atoms with E-state index in [4.69, 9.17) is 28.1 Å². The lowest BCUT2D eigenvalue weighted by atomic mass is 9.81. The molecule has 1 aliphatic rings. The number of hydrogen-bond acceptors (Lipinski definition) is 9. The Kier molecular flexibility index (Phi) is 8.66. The van der Waals surface area contributed by atoms with Crippen LogP contribution in [-0.2, 0) is 19.6 Å². The highest BCUT2D eigenvalue weighted by atomic mass is 28.4. The molecule has 0 saturated carbocycles. The van der Waals surface area contributed by atoms with Gasteiger partial charge in [0.15, 0.2) is 36.9 Å². The summed E-state index contributed by atoms with van der Waals surface area (Å²) in [6.45, 7) is 10.3. The van der Waals surface area contributed by atoms with Crippen LogP contribution in [0, 0.1) is 17.2 Å². The molecule has 0 aromatic heterocycles. The average molecular weight is 544 g/mol. The molecule has 0 saturated heterocycles. The Morgan fingerprint density at radius 3 is 2.29 bits per heavy atom. The molecule has 0 radical (unpaired) electrons. The van der Waals surface area contributed by atoms with E-state index < -0.39 is 31.9 Å². The van der Waals surface area contributed by atoms with E-state index in [1.807, 2.05) is 13.1 Å². The molecule has 1 N–H and O–H groups in total. The number of carbonyl (C=O) groups is 1. The van der Waals surface area contributed by atoms with E-state index in [0.29, 0.717) is 34.1 Å². The molecular formula is C28H37NO8Si. The maximum atomic E-state index is 13.1. The van der Waals surface area contributed by atoms with E-state index in [9.17, 15) is 15.2 Å². The van der Waals surface area contributed by atoms with Gasteiger partial charge < -0.3 is 33.2 Å². The van der Waals surface area contributed by atoms with Crippen molar-refractivity contribution in [2.75, 3.05) is 28.1 Å². The molecular weight excluding hydrogens is 506 g/mol. The zero-order chi connectivity index (χ0) is 28.3.